The predicted octanol–water partition coefficient (Wildman–Crippen LogP) is 3.52. The summed E-state index contributed by atoms with van der Waals surface area (Å²) < 4.78 is 42.6. The minimum Gasteiger partial charge on any atom is -0.379 e. The van der Waals surface area contributed by atoms with Crippen LogP contribution in [0.4, 0.5) is 4.39 Å². The molecular weight excluding hydrogens is 291 g/mol. The van der Waals surface area contributed by atoms with E-state index < -0.39 is 15.9 Å². The van der Waals surface area contributed by atoms with E-state index in [4.69, 9.17) is 4.18 Å². The molecule has 0 saturated heterocycles. The molecule has 0 radical (unpaired) electrons. The SMILES string of the molecule is O=S(=O)(Oc1cccc(F)c1)C1=Cc2ccccc2CC1. The lowest BCUT2D eigenvalue weighted by Gasteiger charge is -2.16. The van der Waals surface area contributed by atoms with E-state index in [1.54, 1.807) is 6.08 Å². The summed E-state index contributed by atoms with van der Waals surface area (Å²) in [5.41, 5.74) is 1.99. The predicted molar refractivity (Wildman–Crippen MR) is 78.7 cm³/mol. The topological polar surface area (TPSA) is 43.4 Å². The molecule has 0 N–H and O–H groups in total. The van der Waals surface area contributed by atoms with Crippen molar-refractivity contribution in [1.82, 2.24) is 0 Å². The maximum atomic E-state index is 13.1. The summed E-state index contributed by atoms with van der Waals surface area (Å²) in [6, 6.07) is 12.7. The van der Waals surface area contributed by atoms with E-state index in [-0.39, 0.29) is 10.7 Å². The van der Waals surface area contributed by atoms with Crippen LogP contribution in [0.3, 0.4) is 0 Å². The van der Waals surface area contributed by atoms with E-state index >= 15 is 0 Å². The van der Waals surface area contributed by atoms with E-state index in [9.17, 15) is 12.8 Å². The molecule has 3 nitrogen and oxygen atoms in total. The van der Waals surface area contributed by atoms with Gasteiger partial charge < -0.3 is 4.18 Å². The van der Waals surface area contributed by atoms with Gasteiger partial charge in [-0.2, -0.15) is 8.42 Å². The standard InChI is InChI=1S/C16H13FO3S/c17-14-6-3-7-15(11-14)20-21(18,19)16-9-8-12-4-1-2-5-13(12)10-16/h1-7,10-11H,8-9H2. The fourth-order valence-corrected chi connectivity index (χ4v) is 3.39. The van der Waals surface area contributed by atoms with E-state index in [2.05, 4.69) is 0 Å². The molecule has 0 saturated carbocycles. The van der Waals surface area contributed by atoms with Crippen LogP contribution in [-0.4, -0.2) is 8.42 Å². The highest BCUT2D eigenvalue weighted by molar-refractivity contribution is 7.91. The number of rotatable bonds is 3. The minimum atomic E-state index is -3.90. The molecule has 0 aliphatic heterocycles. The molecule has 3 rings (SSSR count). The van der Waals surface area contributed by atoms with Crippen molar-refractivity contribution in [2.45, 2.75) is 12.8 Å². The summed E-state index contributed by atoms with van der Waals surface area (Å²) >= 11 is 0. The molecule has 0 amide bonds. The number of benzene rings is 2. The molecule has 0 spiro atoms. The highest BCUT2D eigenvalue weighted by Crippen LogP contribution is 2.28. The summed E-state index contributed by atoms with van der Waals surface area (Å²) in [5, 5.41) is 0. The lowest BCUT2D eigenvalue weighted by molar-refractivity contribution is 0.488. The van der Waals surface area contributed by atoms with E-state index in [0.717, 1.165) is 17.2 Å². The molecule has 0 heterocycles. The van der Waals surface area contributed by atoms with E-state index in [1.165, 1.54) is 18.2 Å². The molecule has 2 aromatic carbocycles. The van der Waals surface area contributed by atoms with Gasteiger partial charge in [-0.1, -0.05) is 30.3 Å². The van der Waals surface area contributed by atoms with Crippen molar-refractivity contribution in [3.63, 3.8) is 0 Å². The van der Waals surface area contributed by atoms with Gasteiger partial charge in [0.15, 0.2) is 0 Å². The van der Waals surface area contributed by atoms with Gasteiger partial charge in [0.05, 0.1) is 4.91 Å². The van der Waals surface area contributed by atoms with Crippen LogP contribution in [0, 0.1) is 5.82 Å². The van der Waals surface area contributed by atoms with Gasteiger partial charge in [-0.15, -0.1) is 0 Å². The van der Waals surface area contributed by atoms with Gasteiger partial charge in [0.25, 0.3) is 0 Å². The zero-order chi connectivity index (χ0) is 14.9. The van der Waals surface area contributed by atoms with E-state index in [0.29, 0.717) is 12.8 Å². The second-order valence-corrected chi connectivity index (χ2v) is 6.40. The quantitative estimate of drug-likeness (QED) is 0.815. The average molecular weight is 304 g/mol. The third-order valence-corrected chi connectivity index (χ3v) is 4.71. The normalized spacial score (nSPS) is 14.2. The van der Waals surface area contributed by atoms with Crippen LogP contribution in [-0.2, 0) is 16.5 Å². The summed E-state index contributed by atoms with van der Waals surface area (Å²) in [6.07, 6.45) is 2.65. The van der Waals surface area contributed by atoms with Gasteiger partial charge in [-0.3, -0.25) is 0 Å². The molecule has 5 heteroatoms. The van der Waals surface area contributed by atoms with Crippen molar-refractivity contribution in [2.75, 3.05) is 0 Å². The Morgan fingerprint density at radius 2 is 1.81 bits per heavy atom. The van der Waals surface area contributed by atoms with Crippen LogP contribution >= 0.6 is 0 Å². The molecule has 0 bridgehead atoms. The highest BCUT2D eigenvalue weighted by Gasteiger charge is 2.23. The maximum absolute atomic E-state index is 13.1. The van der Waals surface area contributed by atoms with Crippen LogP contribution in [0.5, 0.6) is 5.75 Å². The number of halogens is 1. The lowest BCUT2D eigenvalue weighted by Crippen LogP contribution is -2.15. The molecule has 0 atom stereocenters. The second kappa shape index (κ2) is 5.33. The number of fused-ring (bicyclic) bond motifs is 1. The fourth-order valence-electron chi connectivity index (χ4n) is 2.30. The first kappa shape index (κ1) is 13.8. The summed E-state index contributed by atoms with van der Waals surface area (Å²) in [5.74, 6) is -0.555. The molecule has 2 aromatic rings. The van der Waals surface area contributed by atoms with Gasteiger partial charge in [0.2, 0.25) is 0 Å². The Hall–Kier alpha value is -2.14. The number of hydrogen-bond donors (Lipinski definition) is 0. The Morgan fingerprint density at radius 1 is 1.00 bits per heavy atom. The third kappa shape index (κ3) is 2.97. The van der Waals surface area contributed by atoms with Gasteiger partial charge in [0.1, 0.15) is 11.6 Å². The average Bonchev–Trinajstić information content (AvgIpc) is 2.46. The Balaban J connectivity index is 1.91. The van der Waals surface area contributed by atoms with Crippen LogP contribution < -0.4 is 4.18 Å². The van der Waals surface area contributed by atoms with Crippen LogP contribution in [0.15, 0.2) is 53.4 Å². The zero-order valence-corrected chi connectivity index (χ0v) is 11.9. The zero-order valence-electron chi connectivity index (χ0n) is 11.1. The van der Waals surface area contributed by atoms with Crippen LogP contribution in [0.25, 0.3) is 6.08 Å². The van der Waals surface area contributed by atoms with Crippen molar-refractivity contribution in [3.8, 4) is 5.75 Å². The molecule has 0 fully saturated rings. The van der Waals surface area contributed by atoms with Crippen LogP contribution in [0.1, 0.15) is 17.5 Å². The van der Waals surface area contributed by atoms with E-state index in [1.807, 2.05) is 24.3 Å². The molecule has 1 aliphatic rings. The largest absolute Gasteiger partial charge is 0.379 e. The minimum absolute atomic E-state index is 0.0187. The summed E-state index contributed by atoms with van der Waals surface area (Å²) in [7, 11) is -3.90. The first-order valence-corrected chi connectivity index (χ1v) is 7.94. The van der Waals surface area contributed by atoms with Crippen LogP contribution in [0.2, 0.25) is 0 Å². The molecule has 108 valence electrons. The van der Waals surface area contributed by atoms with Crippen molar-refractivity contribution < 1.29 is 17.0 Å². The Kier molecular flexibility index (Phi) is 3.51. The molecule has 1 aliphatic carbocycles. The Labute approximate surface area is 122 Å². The highest BCUT2D eigenvalue weighted by atomic mass is 32.2. The first-order valence-electron chi connectivity index (χ1n) is 6.53. The number of aryl methyl sites for hydroxylation is 1. The molecular formula is C16H13FO3S. The molecule has 0 unspecified atom stereocenters. The van der Waals surface area contributed by atoms with Gasteiger partial charge in [0, 0.05) is 6.07 Å². The summed E-state index contributed by atoms with van der Waals surface area (Å²) in [4.78, 5) is 0.213. The fraction of sp³-hybridized carbons (Fsp3) is 0.125. The molecule has 0 aromatic heterocycles. The molecule has 21 heavy (non-hydrogen) atoms. The Bertz CT molecular complexity index is 810. The number of hydrogen-bond acceptors (Lipinski definition) is 3. The lowest BCUT2D eigenvalue weighted by atomic mass is 9.98. The monoisotopic (exact) mass is 304 g/mol. The van der Waals surface area contributed by atoms with Crippen molar-refractivity contribution in [1.29, 1.82) is 0 Å². The van der Waals surface area contributed by atoms with Gasteiger partial charge >= 0.3 is 10.1 Å². The Morgan fingerprint density at radius 3 is 2.62 bits per heavy atom. The second-order valence-electron chi connectivity index (χ2n) is 4.80. The third-order valence-electron chi connectivity index (χ3n) is 3.34. The smallest absolute Gasteiger partial charge is 0.335 e. The number of allylic oxidation sites excluding steroid dienone is 1. The van der Waals surface area contributed by atoms with Crippen molar-refractivity contribution >= 4 is 16.2 Å². The summed E-state index contributed by atoms with van der Waals surface area (Å²) in [6.45, 7) is 0. The first-order chi connectivity index (χ1) is 10.0. The van der Waals surface area contributed by atoms with Gasteiger partial charge in [-0.05, 0) is 42.2 Å². The van der Waals surface area contributed by atoms with Gasteiger partial charge in [-0.25, -0.2) is 4.39 Å². The van der Waals surface area contributed by atoms with Crippen molar-refractivity contribution in [3.05, 3.63) is 70.4 Å². The van der Waals surface area contributed by atoms with Crippen molar-refractivity contribution in [2.24, 2.45) is 0 Å². The maximum Gasteiger partial charge on any atom is 0.335 e.